The maximum Gasteiger partial charge on any atom is 0.254 e. The van der Waals surface area contributed by atoms with E-state index in [0.29, 0.717) is 11.5 Å². The van der Waals surface area contributed by atoms with E-state index in [-0.39, 0.29) is 36.4 Å². The van der Waals surface area contributed by atoms with Gasteiger partial charge in [-0.15, -0.1) is 0 Å². The minimum Gasteiger partial charge on any atom is -0.394 e. The van der Waals surface area contributed by atoms with Gasteiger partial charge in [0.05, 0.1) is 29.4 Å². The van der Waals surface area contributed by atoms with Crippen LogP contribution in [0.3, 0.4) is 0 Å². The Morgan fingerprint density at radius 3 is 2.56 bits per heavy atom. The number of nitrogens with one attached hydrogen (secondary N) is 1. The van der Waals surface area contributed by atoms with Crippen LogP contribution in [0.1, 0.15) is 54.6 Å². The Morgan fingerprint density at radius 1 is 1.09 bits per heavy atom. The molecule has 1 saturated carbocycles. The molecule has 2 N–H and O–H groups in total. The second-order valence-corrected chi connectivity index (χ2v) is 9.32. The minimum absolute atomic E-state index is 0.0183. The number of nitrogens with zero attached hydrogens (tertiary/aromatic N) is 5. The average Bonchev–Trinajstić information content (AvgIpc) is 3.49. The van der Waals surface area contributed by atoms with Crippen LogP contribution < -0.4 is 5.32 Å². The Balaban J connectivity index is 1.18. The Labute approximate surface area is 198 Å². The van der Waals surface area contributed by atoms with Crippen LogP contribution in [0.15, 0.2) is 36.7 Å². The molecule has 1 saturated heterocycles. The summed E-state index contributed by atoms with van der Waals surface area (Å²) in [6, 6.07) is 7.89. The molecule has 5 rings (SSSR count). The van der Waals surface area contributed by atoms with Gasteiger partial charge in [-0.2, -0.15) is 9.78 Å². The van der Waals surface area contributed by atoms with Crippen molar-refractivity contribution >= 4 is 22.7 Å². The maximum absolute atomic E-state index is 12.9. The zero-order valence-corrected chi connectivity index (χ0v) is 19.4. The van der Waals surface area contributed by atoms with Crippen molar-refractivity contribution in [2.24, 2.45) is 5.92 Å². The third-order valence-corrected chi connectivity index (χ3v) is 7.14. The molecule has 0 bridgehead atoms. The van der Waals surface area contributed by atoms with Crippen LogP contribution in [0.4, 0.5) is 0 Å². The molecule has 3 aromatic rings. The van der Waals surface area contributed by atoms with Gasteiger partial charge in [0.15, 0.2) is 0 Å². The fourth-order valence-electron chi connectivity index (χ4n) is 5.23. The van der Waals surface area contributed by atoms with E-state index >= 15 is 0 Å². The fraction of sp³-hybridized carbons (Fsp3) is 0.480. The predicted molar refractivity (Wildman–Crippen MR) is 126 cm³/mol. The normalized spacial score (nSPS) is 22.8. The number of hydrogen-bond donors (Lipinski definition) is 2. The molecule has 1 atom stereocenters. The average molecular weight is 463 g/mol. The summed E-state index contributed by atoms with van der Waals surface area (Å²) in [6.07, 6.45) is 7.92. The number of aliphatic hydroxyl groups excluding tert-OH is 1. The first-order chi connectivity index (χ1) is 16.5. The van der Waals surface area contributed by atoms with E-state index in [1.807, 2.05) is 36.1 Å². The summed E-state index contributed by atoms with van der Waals surface area (Å²) in [6.45, 7) is 2.72. The summed E-state index contributed by atoms with van der Waals surface area (Å²) in [5.74, 6) is 0.354. The third-order valence-electron chi connectivity index (χ3n) is 7.14. The third kappa shape index (κ3) is 4.27. The molecular weight excluding hydrogens is 432 g/mol. The number of benzene rings is 1. The first-order valence-corrected chi connectivity index (χ1v) is 12.0. The number of aromatic nitrogens is 4. The lowest BCUT2D eigenvalue weighted by atomic mass is 9.85. The van der Waals surface area contributed by atoms with Gasteiger partial charge in [-0.1, -0.05) is 18.2 Å². The first kappa shape index (κ1) is 22.5. The van der Waals surface area contributed by atoms with E-state index < -0.39 is 0 Å². The summed E-state index contributed by atoms with van der Waals surface area (Å²) in [7, 11) is 0. The zero-order valence-electron chi connectivity index (χ0n) is 19.4. The highest BCUT2D eigenvalue weighted by molar-refractivity contribution is 5.94. The standard InChI is InChI=1S/C25H30N6O3/c1-16-21-6-2-3-7-22(21)31(29-16)25-26-13-18(14-27-25)23(33)28-19-10-8-17(9-11-19)24(34)30-12-4-5-20(30)15-32/h2-3,6-7,13-14,17,19-20,32H,4-5,8-12,15H2,1H3,(H,28,33)/t17?,19?,20-/m1/s1. The van der Waals surface area contributed by atoms with Gasteiger partial charge in [0.25, 0.3) is 11.9 Å². The summed E-state index contributed by atoms with van der Waals surface area (Å²) >= 11 is 0. The second kappa shape index (κ2) is 9.50. The van der Waals surface area contributed by atoms with Crippen molar-refractivity contribution in [3.05, 3.63) is 47.9 Å². The Morgan fingerprint density at radius 2 is 1.82 bits per heavy atom. The first-order valence-electron chi connectivity index (χ1n) is 12.0. The lowest BCUT2D eigenvalue weighted by Crippen LogP contribution is -2.44. The maximum atomic E-state index is 12.9. The van der Waals surface area contributed by atoms with E-state index in [1.54, 1.807) is 4.68 Å². The summed E-state index contributed by atoms with van der Waals surface area (Å²) < 4.78 is 1.69. The Bertz CT molecular complexity index is 1180. The Kier molecular flexibility index (Phi) is 6.28. The van der Waals surface area contributed by atoms with E-state index in [4.69, 9.17) is 0 Å². The van der Waals surface area contributed by atoms with Crippen molar-refractivity contribution in [1.82, 2.24) is 30.0 Å². The molecule has 9 heteroatoms. The van der Waals surface area contributed by atoms with Crippen molar-refractivity contribution in [1.29, 1.82) is 0 Å². The number of hydrogen-bond acceptors (Lipinski definition) is 6. The minimum atomic E-state index is -0.206. The molecule has 178 valence electrons. The van der Waals surface area contributed by atoms with Crippen LogP contribution in [0.5, 0.6) is 0 Å². The van der Waals surface area contributed by atoms with Gasteiger partial charge in [0.1, 0.15) is 0 Å². The van der Waals surface area contributed by atoms with Gasteiger partial charge in [-0.25, -0.2) is 9.97 Å². The summed E-state index contributed by atoms with van der Waals surface area (Å²) in [4.78, 5) is 36.2. The van der Waals surface area contributed by atoms with Crippen molar-refractivity contribution in [3.8, 4) is 5.95 Å². The largest absolute Gasteiger partial charge is 0.394 e. The van der Waals surface area contributed by atoms with E-state index in [2.05, 4.69) is 20.4 Å². The van der Waals surface area contributed by atoms with Gasteiger partial charge in [-0.3, -0.25) is 9.59 Å². The van der Waals surface area contributed by atoms with E-state index in [1.165, 1.54) is 12.4 Å². The van der Waals surface area contributed by atoms with Gasteiger partial charge in [0, 0.05) is 36.3 Å². The molecule has 2 aliphatic rings. The number of aliphatic hydroxyl groups is 1. The molecule has 0 radical (unpaired) electrons. The molecule has 1 aliphatic heterocycles. The molecule has 2 aromatic heterocycles. The highest BCUT2D eigenvalue weighted by Gasteiger charge is 2.35. The van der Waals surface area contributed by atoms with Gasteiger partial charge >= 0.3 is 0 Å². The molecule has 0 spiro atoms. The van der Waals surface area contributed by atoms with Gasteiger partial charge in [0.2, 0.25) is 5.91 Å². The highest BCUT2D eigenvalue weighted by Crippen LogP contribution is 2.29. The van der Waals surface area contributed by atoms with Crippen molar-refractivity contribution in [3.63, 3.8) is 0 Å². The molecule has 2 fully saturated rings. The molecule has 1 aliphatic carbocycles. The molecule has 0 unspecified atom stereocenters. The van der Waals surface area contributed by atoms with Crippen LogP contribution in [-0.2, 0) is 4.79 Å². The quantitative estimate of drug-likeness (QED) is 0.602. The predicted octanol–water partition coefficient (Wildman–Crippen LogP) is 2.40. The SMILES string of the molecule is Cc1nn(-c2ncc(C(=O)NC3CCC(C(=O)N4CCC[C@@H]4CO)CC3)cn2)c2ccccc12. The van der Waals surface area contributed by atoms with Gasteiger partial charge in [-0.05, 0) is 51.5 Å². The van der Waals surface area contributed by atoms with Crippen LogP contribution in [0.2, 0.25) is 0 Å². The van der Waals surface area contributed by atoms with Crippen LogP contribution in [0.25, 0.3) is 16.9 Å². The van der Waals surface area contributed by atoms with Gasteiger partial charge < -0.3 is 15.3 Å². The molecular formula is C25H30N6O3. The van der Waals surface area contributed by atoms with Crippen molar-refractivity contribution < 1.29 is 14.7 Å². The van der Waals surface area contributed by atoms with Crippen molar-refractivity contribution in [2.75, 3.05) is 13.2 Å². The molecule has 1 aromatic carbocycles. The second-order valence-electron chi connectivity index (χ2n) is 9.32. The van der Waals surface area contributed by atoms with E-state index in [9.17, 15) is 14.7 Å². The smallest absolute Gasteiger partial charge is 0.254 e. The molecule has 3 heterocycles. The highest BCUT2D eigenvalue weighted by atomic mass is 16.3. The van der Waals surface area contributed by atoms with Crippen LogP contribution in [0, 0.1) is 12.8 Å². The Hall–Kier alpha value is -3.33. The lowest BCUT2D eigenvalue weighted by Gasteiger charge is -2.32. The summed E-state index contributed by atoms with van der Waals surface area (Å²) in [5.41, 5.74) is 2.22. The monoisotopic (exact) mass is 462 g/mol. The van der Waals surface area contributed by atoms with Crippen LogP contribution in [-0.4, -0.2) is 66.8 Å². The number of para-hydroxylation sites is 1. The lowest BCUT2D eigenvalue weighted by molar-refractivity contribution is -0.138. The number of carbonyl (C=O) groups is 2. The number of likely N-dealkylation sites (tertiary alicyclic amines) is 1. The van der Waals surface area contributed by atoms with Crippen molar-refractivity contribution in [2.45, 2.75) is 57.5 Å². The molecule has 9 nitrogen and oxygen atoms in total. The molecule has 34 heavy (non-hydrogen) atoms. The number of carbonyl (C=O) groups excluding carboxylic acids is 2. The number of fused-ring (bicyclic) bond motifs is 1. The number of aryl methyl sites for hydroxylation is 1. The zero-order chi connectivity index (χ0) is 23.7. The number of rotatable bonds is 5. The van der Waals surface area contributed by atoms with E-state index in [0.717, 1.165) is 61.7 Å². The summed E-state index contributed by atoms with van der Waals surface area (Å²) in [5, 5.41) is 18.2. The fourth-order valence-corrected chi connectivity index (χ4v) is 5.23. The molecule has 2 amide bonds. The topological polar surface area (TPSA) is 113 Å². The van der Waals surface area contributed by atoms with Crippen LogP contribution >= 0.6 is 0 Å². The number of amides is 2.